The number of nitrogens with one attached hydrogen (secondary N) is 2. The number of anilines is 2. The Morgan fingerprint density at radius 1 is 1.19 bits per heavy atom. The van der Waals surface area contributed by atoms with Crippen LogP contribution in [0, 0.1) is 0 Å². The second-order valence-electron chi connectivity index (χ2n) is 5.86. The molecule has 1 saturated carbocycles. The number of hydroxylamine groups is 1. The third kappa shape index (κ3) is 3.26. The number of pyridine rings is 1. The summed E-state index contributed by atoms with van der Waals surface area (Å²) in [6.45, 7) is 1.94. The molecule has 3 N–H and O–H groups in total. The minimum atomic E-state index is -0.493. The summed E-state index contributed by atoms with van der Waals surface area (Å²) in [7, 11) is 0. The van der Waals surface area contributed by atoms with Crippen molar-refractivity contribution in [2.24, 2.45) is 0 Å². The van der Waals surface area contributed by atoms with Gasteiger partial charge in [0.1, 0.15) is 11.6 Å². The lowest BCUT2D eigenvalue weighted by Gasteiger charge is -2.30. The van der Waals surface area contributed by atoms with Crippen LogP contribution in [0.3, 0.4) is 0 Å². The van der Waals surface area contributed by atoms with Crippen LogP contribution < -0.4 is 15.7 Å². The number of piperidine rings is 1. The first kappa shape index (κ1) is 14.1. The zero-order valence-electron chi connectivity index (χ0n) is 12.1. The van der Waals surface area contributed by atoms with E-state index in [0.717, 1.165) is 50.4 Å². The zero-order chi connectivity index (χ0) is 14.7. The van der Waals surface area contributed by atoms with E-state index in [-0.39, 0.29) is 0 Å². The Balaban J connectivity index is 1.85. The fourth-order valence-electron chi connectivity index (χ4n) is 2.83. The second-order valence-corrected chi connectivity index (χ2v) is 5.86. The Bertz CT molecular complexity index is 510. The van der Waals surface area contributed by atoms with Crippen molar-refractivity contribution in [3.63, 3.8) is 0 Å². The van der Waals surface area contributed by atoms with Crippen LogP contribution in [-0.2, 0) is 0 Å². The molecule has 21 heavy (non-hydrogen) atoms. The van der Waals surface area contributed by atoms with E-state index in [1.165, 1.54) is 12.8 Å². The molecule has 2 aliphatic rings. The highest BCUT2D eigenvalue weighted by Crippen LogP contribution is 2.26. The molecule has 0 atom stereocenters. The Morgan fingerprint density at radius 3 is 2.57 bits per heavy atom. The average Bonchev–Trinajstić information content (AvgIpc) is 2.50. The maximum Gasteiger partial charge on any atom is 0.274 e. The van der Waals surface area contributed by atoms with Gasteiger partial charge in [-0.1, -0.05) is 0 Å². The Kier molecular flexibility index (Phi) is 4.24. The van der Waals surface area contributed by atoms with Crippen LogP contribution in [0.5, 0.6) is 0 Å². The number of aromatic nitrogens is 1. The van der Waals surface area contributed by atoms with Gasteiger partial charge in [0.2, 0.25) is 0 Å². The standard InChI is InChI=1S/C15H22N4O2/c20-15(18-21)11-9-13(16-12-5-4-6-12)17-14(10-11)19-7-2-1-3-8-19/h9-10,12,21H,1-8H2,(H,16,17)(H,18,20). The van der Waals surface area contributed by atoms with Crippen molar-refractivity contribution in [3.05, 3.63) is 17.7 Å². The van der Waals surface area contributed by atoms with E-state index in [4.69, 9.17) is 5.21 Å². The molecule has 2 heterocycles. The maximum atomic E-state index is 11.7. The summed E-state index contributed by atoms with van der Waals surface area (Å²) in [5.74, 6) is 1.05. The molecule has 0 aromatic carbocycles. The molecule has 1 saturated heterocycles. The molecule has 6 nitrogen and oxygen atoms in total. The third-order valence-electron chi connectivity index (χ3n) is 4.31. The van der Waals surface area contributed by atoms with E-state index in [1.54, 1.807) is 17.6 Å². The second kappa shape index (κ2) is 6.30. The first-order valence-electron chi connectivity index (χ1n) is 7.74. The van der Waals surface area contributed by atoms with E-state index < -0.39 is 5.91 Å². The molecular formula is C15H22N4O2. The van der Waals surface area contributed by atoms with Crippen molar-refractivity contribution in [1.29, 1.82) is 0 Å². The quantitative estimate of drug-likeness (QED) is 0.585. The molecule has 2 fully saturated rings. The van der Waals surface area contributed by atoms with Gasteiger partial charge in [0.25, 0.3) is 5.91 Å². The SMILES string of the molecule is O=C(NO)c1cc(NC2CCC2)nc(N2CCCCC2)c1. The van der Waals surface area contributed by atoms with Crippen LogP contribution in [-0.4, -0.2) is 35.2 Å². The van der Waals surface area contributed by atoms with Crippen LogP contribution in [0.15, 0.2) is 12.1 Å². The lowest BCUT2D eigenvalue weighted by Crippen LogP contribution is -2.32. The van der Waals surface area contributed by atoms with Gasteiger partial charge in [0, 0.05) is 24.7 Å². The predicted octanol–water partition coefficient (Wildman–Crippen LogP) is 2.16. The lowest BCUT2D eigenvalue weighted by molar-refractivity contribution is 0.0706. The summed E-state index contributed by atoms with van der Waals surface area (Å²) in [5, 5.41) is 12.2. The van der Waals surface area contributed by atoms with Gasteiger partial charge in [0.15, 0.2) is 0 Å². The molecule has 1 aromatic rings. The van der Waals surface area contributed by atoms with Crippen molar-refractivity contribution in [2.45, 2.75) is 44.6 Å². The molecule has 6 heteroatoms. The summed E-state index contributed by atoms with van der Waals surface area (Å²) in [4.78, 5) is 18.6. The smallest absolute Gasteiger partial charge is 0.274 e. The van der Waals surface area contributed by atoms with E-state index in [9.17, 15) is 4.79 Å². The minimum absolute atomic E-state index is 0.440. The van der Waals surface area contributed by atoms with Gasteiger partial charge < -0.3 is 10.2 Å². The summed E-state index contributed by atoms with van der Waals surface area (Å²) in [6.07, 6.45) is 7.11. The highest BCUT2D eigenvalue weighted by Gasteiger charge is 2.20. The van der Waals surface area contributed by atoms with Crippen LogP contribution in [0.2, 0.25) is 0 Å². The predicted molar refractivity (Wildman–Crippen MR) is 80.8 cm³/mol. The van der Waals surface area contributed by atoms with Gasteiger partial charge in [-0.15, -0.1) is 0 Å². The van der Waals surface area contributed by atoms with Gasteiger partial charge >= 0.3 is 0 Å². The van der Waals surface area contributed by atoms with Crippen LogP contribution >= 0.6 is 0 Å². The highest BCUT2D eigenvalue weighted by atomic mass is 16.5. The molecule has 0 radical (unpaired) electrons. The third-order valence-corrected chi connectivity index (χ3v) is 4.31. The topological polar surface area (TPSA) is 77.5 Å². The Labute approximate surface area is 124 Å². The molecule has 1 amide bonds. The van der Waals surface area contributed by atoms with Crippen LogP contribution in [0.25, 0.3) is 0 Å². The van der Waals surface area contributed by atoms with Crippen molar-refractivity contribution in [1.82, 2.24) is 10.5 Å². The Morgan fingerprint density at radius 2 is 1.95 bits per heavy atom. The minimum Gasteiger partial charge on any atom is -0.367 e. The first-order valence-corrected chi connectivity index (χ1v) is 7.74. The summed E-state index contributed by atoms with van der Waals surface area (Å²) >= 11 is 0. The molecule has 3 rings (SSSR count). The summed E-state index contributed by atoms with van der Waals surface area (Å²) < 4.78 is 0. The van der Waals surface area contributed by atoms with Gasteiger partial charge in [-0.2, -0.15) is 0 Å². The number of hydrogen-bond donors (Lipinski definition) is 3. The fourth-order valence-corrected chi connectivity index (χ4v) is 2.83. The number of hydrogen-bond acceptors (Lipinski definition) is 5. The zero-order valence-corrected chi connectivity index (χ0v) is 12.1. The summed E-state index contributed by atoms with van der Waals surface area (Å²) in [6, 6.07) is 3.92. The van der Waals surface area contributed by atoms with Crippen molar-refractivity contribution in [3.8, 4) is 0 Å². The fraction of sp³-hybridized carbons (Fsp3) is 0.600. The molecule has 0 spiro atoms. The van der Waals surface area contributed by atoms with Crippen LogP contribution in [0.4, 0.5) is 11.6 Å². The number of carbonyl (C=O) groups is 1. The molecule has 0 bridgehead atoms. The monoisotopic (exact) mass is 290 g/mol. The summed E-state index contributed by atoms with van der Waals surface area (Å²) in [5.41, 5.74) is 2.15. The van der Waals surface area contributed by atoms with Crippen molar-refractivity contribution >= 4 is 17.5 Å². The van der Waals surface area contributed by atoms with Gasteiger partial charge in [0.05, 0.1) is 0 Å². The van der Waals surface area contributed by atoms with Gasteiger partial charge in [-0.05, 0) is 50.7 Å². The molecule has 114 valence electrons. The average molecular weight is 290 g/mol. The molecule has 1 aromatic heterocycles. The number of carbonyl (C=O) groups excluding carboxylic acids is 1. The van der Waals surface area contributed by atoms with Gasteiger partial charge in [-0.25, -0.2) is 10.5 Å². The van der Waals surface area contributed by atoms with Crippen LogP contribution in [0.1, 0.15) is 48.9 Å². The normalized spacial score (nSPS) is 19.0. The number of amides is 1. The molecular weight excluding hydrogens is 268 g/mol. The van der Waals surface area contributed by atoms with Gasteiger partial charge in [-0.3, -0.25) is 10.0 Å². The van der Waals surface area contributed by atoms with E-state index in [0.29, 0.717) is 11.6 Å². The lowest BCUT2D eigenvalue weighted by atomic mass is 9.93. The molecule has 1 aliphatic heterocycles. The van der Waals surface area contributed by atoms with Crippen molar-refractivity contribution < 1.29 is 10.0 Å². The first-order chi connectivity index (χ1) is 10.3. The Hall–Kier alpha value is -1.82. The maximum absolute atomic E-state index is 11.7. The number of rotatable bonds is 4. The van der Waals surface area contributed by atoms with Crippen molar-refractivity contribution in [2.75, 3.05) is 23.3 Å². The highest BCUT2D eigenvalue weighted by molar-refractivity contribution is 5.95. The van der Waals surface area contributed by atoms with E-state index in [1.807, 2.05) is 0 Å². The molecule has 0 unspecified atom stereocenters. The molecule has 1 aliphatic carbocycles. The number of nitrogens with zero attached hydrogens (tertiary/aromatic N) is 2. The van der Waals surface area contributed by atoms with E-state index in [2.05, 4.69) is 15.2 Å². The largest absolute Gasteiger partial charge is 0.367 e. The van der Waals surface area contributed by atoms with E-state index >= 15 is 0 Å².